The molecule has 1 heterocycles. The lowest BCUT2D eigenvalue weighted by Gasteiger charge is -2.42. The second kappa shape index (κ2) is 6.18. The lowest BCUT2D eigenvalue weighted by atomic mass is 9.77. The summed E-state index contributed by atoms with van der Waals surface area (Å²) in [6.45, 7) is 10.1. The number of hydrogen-bond acceptors (Lipinski definition) is 2. The van der Waals surface area contributed by atoms with Crippen molar-refractivity contribution in [1.82, 2.24) is 4.90 Å². The third-order valence-electron chi connectivity index (χ3n) is 5.16. The monoisotopic (exact) mass is 289 g/mol. The fraction of sp³-hybridized carbons (Fsp3) is 0.611. The van der Waals surface area contributed by atoms with Gasteiger partial charge in [0.2, 0.25) is 0 Å². The Labute approximate surface area is 128 Å². The molecule has 2 unspecified atom stereocenters. The summed E-state index contributed by atoms with van der Waals surface area (Å²) in [5.74, 6) is -0.637. The molecule has 0 aromatic heterocycles. The Kier molecular flexibility index (Phi) is 4.72. The minimum Gasteiger partial charge on any atom is -0.481 e. The Morgan fingerprint density at radius 3 is 2.71 bits per heavy atom. The van der Waals surface area contributed by atoms with Gasteiger partial charge < -0.3 is 5.11 Å². The lowest BCUT2D eigenvalue weighted by Crippen LogP contribution is -2.48. The predicted molar refractivity (Wildman–Crippen MR) is 85.5 cm³/mol. The van der Waals surface area contributed by atoms with Gasteiger partial charge in [-0.2, -0.15) is 0 Å². The molecule has 21 heavy (non-hydrogen) atoms. The van der Waals surface area contributed by atoms with Crippen LogP contribution in [0.5, 0.6) is 0 Å². The van der Waals surface area contributed by atoms with Gasteiger partial charge in [-0.05, 0) is 57.7 Å². The van der Waals surface area contributed by atoms with E-state index in [0.717, 1.165) is 19.4 Å². The van der Waals surface area contributed by atoms with E-state index in [1.54, 1.807) is 0 Å². The summed E-state index contributed by atoms with van der Waals surface area (Å²) < 4.78 is 0. The minimum atomic E-state index is -0.637. The highest BCUT2D eigenvalue weighted by molar-refractivity contribution is 5.75. The molecule has 1 aliphatic rings. The van der Waals surface area contributed by atoms with Crippen LogP contribution in [0.15, 0.2) is 18.2 Å². The first-order valence-corrected chi connectivity index (χ1v) is 7.94. The maximum absolute atomic E-state index is 11.7. The van der Waals surface area contributed by atoms with Crippen molar-refractivity contribution < 1.29 is 9.90 Å². The smallest absolute Gasteiger partial charge is 0.310 e. The fourth-order valence-electron chi connectivity index (χ4n) is 3.60. The summed E-state index contributed by atoms with van der Waals surface area (Å²) >= 11 is 0. The molecule has 0 radical (unpaired) electrons. The SMILES string of the molecule is CCC1(C(=O)O)CCCN(C(C)c2ccc(C)cc2C)C1. The van der Waals surface area contributed by atoms with Crippen LogP contribution in [-0.4, -0.2) is 29.1 Å². The van der Waals surface area contributed by atoms with Crippen LogP contribution in [0.3, 0.4) is 0 Å². The van der Waals surface area contributed by atoms with Crippen molar-refractivity contribution in [2.45, 2.75) is 53.0 Å². The van der Waals surface area contributed by atoms with Crippen LogP contribution in [0, 0.1) is 19.3 Å². The van der Waals surface area contributed by atoms with Crippen LogP contribution < -0.4 is 0 Å². The van der Waals surface area contributed by atoms with E-state index in [9.17, 15) is 9.90 Å². The summed E-state index contributed by atoms with van der Waals surface area (Å²) in [5, 5.41) is 9.62. The molecule has 3 nitrogen and oxygen atoms in total. The normalized spacial score (nSPS) is 24.8. The third kappa shape index (κ3) is 3.13. The number of benzene rings is 1. The second-order valence-corrected chi connectivity index (χ2v) is 6.55. The zero-order valence-corrected chi connectivity index (χ0v) is 13.6. The molecular weight excluding hydrogens is 262 g/mol. The van der Waals surface area contributed by atoms with E-state index in [2.05, 4.69) is 43.9 Å². The molecule has 116 valence electrons. The number of nitrogens with zero attached hydrogens (tertiary/aromatic N) is 1. The maximum Gasteiger partial charge on any atom is 0.310 e. The largest absolute Gasteiger partial charge is 0.481 e. The first kappa shape index (κ1) is 16.0. The summed E-state index contributed by atoms with van der Waals surface area (Å²) in [6, 6.07) is 6.82. The molecule has 0 aliphatic carbocycles. The number of aryl methyl sites for hydroxylation is 2. The second-order valence-electron chi connectivity index (χ2n) is 6.55. The highest BCUT2D eigenvalue weighted by atomic mass is 16.4. The average Bonchev–Trinajstić information content (AvgIpc) is 2.46. The van der Waals surface area contributed by atoms with E-state index >= 15 is 0 Å². The first-order chi connectivity index (χ1) is 9.89. The number of hydrogen-bond donors (Lipinski definition) is 1. The average molecular weight is 289 g/mol. The van der Waals surface area contributed by atoms with E-state index in [1.165, 1.54) is 16.7 Å². The van der Waals surface area contributed by atoms with Gasteiger partial charge in [0, 0.05) is 12.6 Å². The van der Waals surface area contributed by atoms with Gasteiger partial charge in [0.05, 0.1) is 5.41 Å². The third-order valence-corrected chi connectivity index (χ3v) is 5.16. The van der Waals surface area contributed by atoms with Gasteiger partial charge in [0.15, 0.2) is 0 Å². The van der Waals surface area contributed by atoms with Gasteiger partial charge in [-0.3, -0.25) is 9.69 Å². The van der Waals surface area contributed by atoms with Gasteiger partial charge in [-0.1, -0.05) is 30.7 Å². The van der Waals surface area contributed by atoms with Crippen molar-refractivity contribution in [2.24, 2.45) is 5.41 Å². The number of aliphatic carboxylic acids is 1. The highest BCUT2D eigenvalue weighted by Gasteiger charge is 2.41. The van der Waals surface area contributed by atoms with Crippen LogP contribution in [-0.2, 0) is 4.79 Å². The van der Waals surface area contributed by atoms with Crippen LogP contribution >= 0.6 is 0 Å². The van der Waals surface area contributed by atoms with E-state index in [1.807, 2.05) is 6.92 Å². The molecule has 0 spiro atoms. The number of carbonyl (C=O) groups is 1. The van der Waals surface area contributed by atoms with Crippen molar-refractivity contribution in [3.8, 4) is 0 Å². The zero-order valence-electron chi connectivity index (χ0n) is 13.6. The quantitative estimate of drug-likeness (QED) is 0.912. The molecule has 1 aromatic carbocycles. The summed E-state index contributed by atoms with van der Waals surface area (Å²) in [7, 11) is 0. The fourth-order valence-corrected chi connectivity index (χ4v) is 3.60. The van der Waals surface area contributed by atoms with Gasteiger partial charge in [-0.15, -0.1) is 0 Å². The van der Waals surface area contributed by atoms with E-state index in [4.69, 9.17) is 0 Å². The molecule has 2 atom stereocenters. The molecule has 0 saturated carbocycles. The highest BCUT2D eigenvalue weighted by Crippen LogP contribution is 2.37. The summed E-state index contributed by atoms with van der Waals surface area (Å²) in [6.07, 6.45) is 2.47. The summed E-state index contributed by atoms with van der Waals surface area (Å²) in [5.41, 5.74) is 3.32. The minimum absolute atomic E-state index is 0.274. The van der Waals surface area contributed by atoms with Crippen LogP contribution in [0.4, 0.5) is 0 Å². The van der Waals surface area contributed by atoms with Crippen molar-refractivity contribution in [3.05, 3.63) is 34.9 Å². The van der Waals surface area contributed by atoms with Crippen molar-refractivity contribution in [1.29, 1.82) is 0 Å². The molecule has 1 aromatic rings. The molecule has 1 saturated heterocycles. The molecule has 1 fully saturated rings. The Bertz CT molecular complexity index is 526. The Balaban J connectivity index is 2.22. The van der Waals surface area contributed by atoms with Crippen LogP contribution in [0.2, 0.25) is 0 Å². The number of carboxylic acid groups (broad SMARTS) is 1. The van der Waals surface area contributed by atoms with Gasteiger partial charge in [-0.25, -0.2) is 0 Å². The van der Waals surface area contributed by atoms with Crippen LogP contribution in [0.1, 0.15) is 55.8 Å². The maximum atomic E-state index is 11.7. The van der Waals surface area contributed by atoms with Gasteiger partial charge in [0.1, 0.15) is 0 Å². The van der Waals surface area contributed by atoms with E-state index in [0.29, 0.717) is 13.0 Å². The predicted octanol–water partition coefficient (Wildman–Crippen LogP) is 3.94. The molecule has 0 amide bonds. The number of likely N-dealkylation sites (tertiary alicyclic amines) is 1. The van der Waals surface area contributed by atoms with E-state index < -0.39 is 11.4 Å². The van der Waals surface area contributed by atoms with Crippen LogP contribution in [0.25, 0.3) is 0 Å². The Hall–Kier alpha value is -1.35. The molecule has 1 aliphatic heterocycles. The Morgan fingerprint density at radius 2 is 2.14 bits per heavy atom. The lowest BCUT2D eigenvalue weighted by molar-refractivity contribution is -0.153. The molecular formula is C18H27NO2. The van der Waals surface area contributed by atoms with Crippen molar-refractivity contribution in [2.75, 3.05) is 13.1 Å². The van der Waals surface area contributed by atoms with Gasteiger partial charge in [0.25, 0.3) is 0 Å². The van der Waals surface area contributed by atoms with E-state index in [-0.39, 0.29) is 6.04 Å². The van der Waals surface area contributed by atoms with Crippen molar-refractivity contribution in [3.63, 3.8) is 0 Å². The Morgan fingerprint density at radius 1 is 1.43 bits per heavy atom. The first-order valence-electron chi connectivity index (χ1n) is 7.94. The number of rotatable bonds is 4. The molecule has 2 rings (SSSR count). The zero-order chi connectivity index (χ0) is 15.6. The molecule has 3 heteroatoms. The summed E-state index contributed by atoms with van der Waals surface area (Å²) in [4.78, 5) is 14.0. The number of piperidine rings is 1. The molecule has 1 N–H and O–H groups in total. The topological polar surface area (TPSA) is 40.5 Å². The van der Waals surface area contributed by atoms with Crippen molar-refractivity contribution >= 4 is 5.97 Å². The number of carboxylic acids is 1. The standard InChI is InChI=1S/C18H27NO2/c1-5-18(17(20)21)9-6-10-19(12-18)15(4)16-8-7-13(2)11-14(16)3/h7-8,11,15H,5-6,9-10,12H2,1-4H3,(H,20,21). The molecule has 0 bridgehead atoms. The van der Waals surface area contributed by atoms with Gasteiger partial charge >= 0.3 is 5.97 Å².